The molecule has 2 heterocycles. The molecule has 0 spiro atoms. The second kappa shape index (κ2) is 17.1. The van der Waals surface area contributed by atoms with E-state index in [0.717, 1.165) is 19.3 Å². The van der Waals surface area contributed by atoms with E-state index in [1.165, 1.54) is 9.80 Å². The first-order chi connectivity index (χ1) is 25.5. The van der Waals surface area contributed by atoms with Crippen molar-refractivity contribution >= 4 is 41.4 Å². The number of hydrogen-bond acceptors (Lipinski definition) is 10. The molecule has 0 aromatic heterocycles. The molecule has 55 heavy (non-hydrogen) atoms. The van der Waals surface area contributed by atoms with E-state index in [9.17, 15) is 33.6 Å². The summed E-state index contributed by atoms with van der Waals surface area (Å²) in [6, 6.07) is 3.90. The largest absolute Gasteiger partial charge is 0.444 e. The number of ketones is 1. The molecule has 4 rings (SSSR count). The summed E-state index contributed by atoms with van der Waals surface area (Å²) in [5.74, 6) is -5.47. The fourth-order valence-electron chi connectivity index (χ4n) is 6.87. The molecule has 6 amide bonds. The Bertz CT molecular complexity index is 1610. The molecule has 6 atom stereocenters. The molecule has 1 aliphatic carbocycles. The Labute approximate surface area is 323 Å². The van der Waals surface area contributed by atoms with Gasteiger partial charge in [0.05, 0.1) is 19.1 Å². The van der Waals surface area contributed by atoms with Crippen LogP contribution in [-0.2, 0) is 43.0 Å². The standard InChI is InChI=1S/C39H58N6O10/c1-37(2,3)31(43-36(52)55-38(4,5)6)35(51)45-21-25-30(54-39(7,8)53-25)28(45)32(48)41-24(19-22-15-14-16-22)29(47)33(49)40-20-26(46)42-27(34(50)44(9)10)23-17-12-11-13-18-23/h11-13,17-18,22,24-25,27-28,30-31H,14-16,19-21H2,1-10H3,(H,40,49)(H,41,48)(H,42,46)(H,43,52)/t24-,25-,27?,28-,30-,31+/m0/s1. The van der Waals surface area contributed by atoms with E-state index in [4.69, 9.17) is 14.2 Å². The summed E-state index contributed by atoms with van der Waals surface area (Å²) in [6.45, 7) is 13.1. The van der Waals surface area contributed by atoms with Crippen molar-refractivity contribution in [3.05, 3.63) is 35.9 Å². The number of fused-ring (bicyclic) bond motifs is 1. The number of likely N-dealkylation sites (N-methyl/N-ethyl adjacent to an activating group) is 1. The molecule has 1 unspecified atom stereocenters. The van der Waals surface area contributed by atoms with Gasteiger partial charge < -0.3 is 45.3 Å². The second-order valence-corrected chi connectivity index (χ2v) is 17.3. The molecular weight excluding hydrogens is 712 g/mol. The van der Waals surface area contributed by atoms with Gasteiger partial charge in [-0.25, -0.2) is 4.79 Å². The molecule has 1 aromatic rings. The van der Waals surface area contributed by atoms with Crippen molar-refractivity contribution in [2.45, 2.75) is 129 Å². The molecule has 304 valence electrons. The lowest BCUT2D eigenvalue weighted by molar-refractivity contribution is -0.171. The monoisotopic (exact) mass is 770 g/mol. The summed E-state index contributed by atoms with van der Waals surface area (Å²) in [6.07, 6.45) is 0.295. The summed E-state index contributed by atoms with van der Waals surface area (Å²) >= 11 is 0. The van der Waals surface area contributed by atoms with E-state index in [-0.39, 0.29) is 24.8 Å². The lowest BCUT2D eigenvalue weighted by atomic mass is 9.80. The number of hydrogen-bond donors (Lipinski definition) is 4. The van der Waals surface area contributed by atoms with Crippen molar-refractivity contribution in [2.75, 3.05) is 27.2 Å². The van der Waals surface area contributed by atoms with Gasteiger partial charge in [-0.3, -0.25) is 28.8 Å². The highest BCUT2D eigenvalue weighted by atomic mass is 16.8. The van der Waals surface area contributed by atoms with Crippen molar-refractivity contribution in [2.24, 2.45) is 11.3 Å². The van der Waals surface area contributed by atoms with E-state index in [2.05, 4.69) is 21.3 Å². The lowest BCUT2D eigenvalue weighted by Crippen LogP contribution is -2.61. The quantitative estimate of drug-likeness (QED) is 0.215. The predicted octanol–water partition coefficient (Wildman–Crippen LogP) is 1.96. The molecular formula is C39H58N6O10. The Morgan fingerprint density at radius 2 is 1.56 bits per heavy atom. The number of rotatable bonds is 13. The molecule has 16 heteroatoms. The number of amides is 6. The first-order valence-electron chi connectivity index (χ1n) is 18.8. The normalized spacial score (nSPS) is 22.2. The van der Waals surface area contributed by atoms with Crippen molar-refractivity contribution in [3.63, 3.8) is 0 Å². The van der Waals surface area contributed by atoms with E-state index in [1.807, 2.05) is 0 Å². The van der Waals surface area contributed by atoms with Gasteiger partial charge in [0.1, 0.15) is 35.9 Å². The van der Waals surface area contributed by atoms with E-state index >= 15 is 0 Å². The minimum absolute atomic E-state index is 0.0370. The Balaban J connectivity index is 1.52. The fourth-order valence-corrected chi connectivity index (χ4v) is 6.87. The van der Waals surface area contributed by atoms with Gasteiger partial charge in [-0.15, -0.1) is 0 Å². The molecule has 4 N–H and O–H groups in total. The van der Waals surface area contributed by atoms with Gasteiger partial charge in [-0.05, 0) is 57.9 Å². The topological polar surface area (TPSA) is 202 Å². The highest BCUT2D eigenvalue weighted by Crippen LogP contribution is 2.38. The molecule has 2 saturated heterocycles. The van der Waals surface area contributed by atoms with Gasteiger partial charge in [-0.1, -0.05) is 70.4 Å². The summed E-state index contributed by atoms with van der Waals surface area (Å²) in [5.41, 5.74) is -1.11. The van der Waals surface area contributed by atoms with Gasteiger partial charge in [0.15, 0.2) is 5.79 Å². The predicted molar refractivity (Wildman–Crippen MR) is 200 cm³/mol. The SMILES string of the molecule is CN(C)C(=O)C(NC(=O)CNC(=O)C(=O)[C@H](CC1CCC1)NC(=O)[C@@H]1[C@H]2OC(C)(C)O[C@H]2CN1C(=O)[C@@H](NC(=O)OC(C)(C)C)C(C)(C)C)c1ccccc1. The third-order valence-corrected chi connectivity index (χ3v) is 9.76. The number of benzene rings is 1. The number of carbonyl (C=O) groups is 7. The van der Waals surface area contributed by atoms with Crippen LogP contribution in [0.3, 0.4) is 0 Å². The number of nitrogens with one attached hydrogen (secondary N) is 4. The molecule has 16 nitrogen and oxygen atoms in total. The van der Waals surface area contributed by atoms with Crippen LogP contribution in [0, 0.1) is 11.3 Å². The minimum Gasteiger partial charge on any atom is -0.444 e. The van der Waals surface area contributed by atoms with Gasteiger partial charge in [0.25, 0.3) is 5.91 Å². The molecule has 3 fully saturated rings. The highest BCUT2D eigenvalue weighted by Gasteiger charge is 2.58. The third kappa shape index (κ3) is 11.2. The van der Waals surface area contributed by atoms with Crippen molar-refractivity contribution < 1.29 is 47.8 Å². The lowest BCUT2D eigenvalue weighted by Gasteiger charge is -2.37. The summed E-state index contributed by atoms with van der Waals surface area (Å²) < 4.78 is 17.6. The van der Waals surface area contributed by atoms with Crippen LogP contribution in [0.4, 0.5) is 4.79 Å². The Morgan fingerprint density at radius 3 is 2.11 bits per heavy atom. The van der Waals surface area contributed by atoms with Crippen LogP contribution in [0.2, 0.25) is 0 Å². The van der Waals surface area contributed by atoms with Crippen molar-refractivity contribution in [1.82, 2.24) is 31.1 Å². The summed E-state index contributed by atoms with van der Waals surface area (Å²) in [5, 5.41) is 10.4. The molecule has 1 saturated carbocycles. The van der Waals surface area contributed by atoms with E-state index < -0.39 is 95.2 Å². The van der Waals surface area contributed by atoms with Gasteiger partial charge >= 0.3 is 6.09 Å². The zero-order valence-electron chi connectivity index (χ0n) is 33.6. The number of alkyl carbamates (subject to hydrolysis) is 1. The van der Waals surface area contributed by atoms with Crippen molar-refractivity contribution in [3.8, 4) is 0 Å². The molecule has 3 aliphatic rings. The van der Waals surface area contributed by atoms with Crippen LogP contribution in [-0.4, -0.2) is 120 Å². The summed E-state index contributed by atoms with van der Waals surface area (Å²) in [7, 11) is 3.11. The first-order valence-corrected chi connectivity index (χ1v) is 18.8. The Morgan fingerprint density at radius 1 is 0.927 bits per heavy atom. The van der Waals surface area contributed by atoms with E-state index in [1.54, 1.807) is 99.8 Å². The fraction of sp³-hybridized carbons (Fsp3) is 0.667. The zero-order chi connectivity index (χ0) is 41.0. The van der Waals surface area contributed by atoms with Gasteiger partial charge in [0, 0.05) is 14.1 Å². The zero-order valence-corrected chi connectivity index (χ0v) is 33.6. The number of carbonyl (C=O) groups excluding carboxylic acids is 7. The van der Waals surface area contributed by atoms with Crippen LogP contribution in [0.15, 0.2) is 30.3 Å². The van der Waals surface area contributed by atoms with Gasteiger partial charge in [0.2, 0.25) is 29.4 Å². The number of nitrogens with zero attached hydrogens (tertiary/aromatic N) is 2. The Hall–Kier alpha value is -4.57. The Kier molecular flexibility index (Phi) is 13.4. The van der Waals surface area contributed by atoms with Crippen LogP contribution in [0.1, 0.15) is 92.7 Å². The maximum atomic E-state index is 14.3. The van der Waals surface area contributed by atoms with Gasteiger partial charge in [-0.2, -0.15) is 0 Å². The van der Waals surface area contributed by atoms with Crippen LogP contribution in [0.25, 0.3) is 0 Å². The third-order valence-electron chi connectivity index (χ3n) is 9.76. The first kappa shape index (κ1) is 43.2. The number of ether oxygens (including phenoxy) is 3. The minimum atomic E-state index is -1.28. The van der Waals surface area contributed by atoms with E-state index in [0.29, 0.717) is 5.56 Å². The molecule has 1 aromatic carbocycles. The molecule has 2 aliphatic heterocycles. The average Bonchev–Trinajstić information content (AvgIpc) is 3.55. The summed E-state index contributed by atoms with van der Waals surface area (Å²) in [4.78, 5) is 97.0. The average molecular weight is 771 g/mol. The maximum Gasteiger partial charge on any atom is 0.408 e. The van der Waals surface area contributed by atoms with Crippen LogP contribution < -0.4 is 21.3 Å². The second-order valence-electron chi connectivity index (χ2n) is 17.3. The maximum absolute atomic E-state index is 14.3. The number of Topliss-reactive ketones (excluding diaryl/α,β-unsaturated/α-hetero) is 1. The van der Waals surface area contributed by atoms with Crippen LogP contribution >= 0.6 is 0 Å². The van der Waals surface area contributed by atoms with Crippen LogP contribution in [0.5, 0.6) is 0 Å². The number of likely N-dealkylation sites (tertiary alicyclic amines) is 1. The highest BCUT2D eigenvalue weighted by molar-refractivity contribution is 6.38. The molecule has 0 radical (unpaired) electrons. The molecule has 0 bridgehead atoms. The van der Waals surface area contributed by atoms with Crippen molar-refractivity contribution in [1.29, 1.82) is 0 Å². The smallest absolute Gasteiger partial charge is 0.408 e.